The molecular formula is C16H23NO2. The highest BCUT2D eigenvalue weighted by atomic mass is 16.4. The Morgan fingerprint density at radius 2 is 2.00 bits per heavy atom. The molecule has 19 heavy (non-hydrogen) atoms. The molecule has 2 N–H and O–H groups in total. The first-order chi connectivity index (χ1) is 8.99. The number of hydrogen-bond donors (Lipinski definition) is 2. The Morgan fingerprint density at radius 3 is 2.63 bits per heavy atom. The zero-order chi connectivity index (χ0) is 14.0. The number of hydrogen-bond acceptors (Lipinski definition) is 2. The molecule has 3 heteroatoms. The minimum absolute atomic E-state index is 0.391. The molecule has 1 aromatic rings. The summed E-state index contributed by atoms with van der Waals surface area (Å²) in [5.74, 6) is 0.672. The number of rotatable bonds is 3. The van der Waals surface area contributed by atoms with Gasteiger partial charge in [-0.15, -0.1) is 0 Å². The van der Waals surface area contributed by atoms with Gasteiger partial charge in [0.25, 0.3) is 0 Å². The van der Waals surface area contributed by atoms with E-state index in [1.165, 1.54) is 12.8 Å². The average Bonchev–Trinajstić information content (AvgIpc) is 2.36. The molecule has 1 saturated carbocycles. The standard InChI is InChI=1S/C16H23NO2/c1-10-7-8-13(9-11(10)2)17-15-6-4-5-14(12(15)3)16(18)19/h4-6,10-11,13,17H,7-9H2,1-3H3,(H,18,19). The molecular weight excluding hydrogens is 238 g/mol. The number of aromatic carboxylic acids is 1. The van der Waals surface area contributed by atoms with E-state index in [-0.39, 0.29) is 0 Å². The van der Waals surface area contributed by atoms with Crippen LogP contribution in [-0.4, -0.2) is 17.1 Å². The third-order valence-corrected chi connectivity index (χ3v) is 4.52. The predicted octanol–water partition coefficient (Wildman–Crippen LogP) is 3.93. The lowest BCUT2D eigenvalue weighted by Crippen LogP contribution is -2.30. The number of carbonyl (C=O) groups is 1. The maximum Gasteiger partial charge on any atom is 0.336 e. The van der Waals surface area contributed by atoms with Crippen molar-refractivity contribution >= 4 is 11.7 Å². The summed E-state index contributed by atoms with van der Waals surface area (Å²) in [5, 5.41) is 12.7. The molecule has 3 atom stereocenters. The van der Waals surface area contributed by atoms with Gasteiger partial charge in [0.1, 0.15) is 0 Å². The van der Waals surface area contributed by atoms with Crippen molar-refractivity contribution in [2.75, 3.05) is 5.32 Å². The molecule has 0 aromatic heterocycles. The summed E-state index contributed by atoms with van der Waals surface area (Å²) < 4.78 is 0. The van der Waals surface area contributed by atoms with Gasteiger partial charge in [-0.2, -0.15) is 0 Å². The molecule has 3 nitrogen and oxygen atoms in total. The molecule has 0 saturated heterocycles. The summed E-state index contributed by atoms with van der Waals surface area (Å²) in [4.78, 5) is 11.1. The minimum atomic E-state index is -0.855. The van der Waals surface area contributed by atoms with Crippen LogP contribution in [0.15, 0.2) is 18.2 Å². The summed E-state index contributed by atoms with van der Waals surface area (Å²) in [7, 11) is 0. The van der Waals surface area contributed by atoms with Gasteiger partial charge in [-0.3, -0.25) is 0 Å². The van der Waals surface area contributed by atoms with Crippen molar-refractivity contribution in [3.05, 3.63) is 29.3 Å². The molecule has 0 amide bonds. The molecule has 104 valence electrons. The van der Waals surface area contributed by atoms with E-state index in [9.17, 15) is 4.79 Å². The average molecular weight is 261 g/mol. The summed E-state index contributed by atoms with van der Waals surface area (Å²) >= 11 is 0. The smallest absolute Gasteiger partial charge is 0.336 e. The van der Waals surface area contributed by atoms with Gasteiger partial charge in [-0.05, 0) is 55.7 Å². The molecule has 2 rings (SSSR count). The van der Waals surface area contributed by atoms with Gasteiger partial charge in [-0.25, -0.2) is 4.79 Å². The predicted molar refractivity (Wildman–Crippen MR) is 77.7 cm³/mol. The van der Waals surface area contributed by atoms with Crippen molar-refractivity contribution in [3.8, 4) is 0 Å². The van der Waals surface area contributed by atoms with E-state index in [2.05, 4.69) is 19.2 Å². The van der Waals surface area contributed by atoms with E-state index in [0.717, 1.165) is 29.5 Å². The largest absolute Gasteiger partial charge is 0.478 e. The van der Waals surface area contributed by atoms with Crippen molar-refractivity contribution in [2.45, 2.75) is 46.1 Å². The van der Waals surface area contributed by atoms with Crippen molar-refractivity contribution in [1.29, 1.82) is 0 Å². The number of nitrogens with one attached hydrogen (secondary N) is 1. The van der Waals surface area contributed by atoms with Crippen molar-refractivity contribution in [2.24, 2.45) is 11.8 Å². The van der Waals surface area contributed by atoms with E-state index in [0.29, 0.717) is 11.6 Å². The third-order valence-electron chi connectivity index (χ3n) is 4.52. The van der Waals surface area contributed by atoms with E-state index in [1.807, 2.05) is 19.1 Å². The van der Waals surface area contributed by atoms with Gasteiger partial charge in [0.15, 0.2) is 0 Å². The van der Waals surface area contributed by atoms with Crippen LogP contribution in [0.25, 0.3) is 0 Å². The molecule has 0 heterocycles. The normalized spacial score (nSPS) is 27.0. The maximum absolute atomic E-state index is 11.1. The third kappa shape index (κ3) is 3.09. The fraction of sp³-hybridized carbons (Fsp3) is 0.562. The van der Waals surface area contributed by atoms with Gasteiger partial charge in [0.2, 0.25) is 0 Å². The molecule has 1 aromatic carbocycles. The molecule has 0 spiro atoms. The summed E-state index contributed by atoms with van der Waals surface area (Å²) in [6.07, 6.45) is 3.58. The number of benzene rings is 1. The van der Waals surface area contributed by atoms with E-state index >= 15 is 0 Å². The number of carboxylic acid groups (broad SMARTS) is 1. The second kappa shape index (κ2) is 5.64. The molecule has 1 fully saturated rings. The quantitative estimate of drug-likeness (QED) is 0.866. The zero-order valence-corrected chi connectivity index (χ0v) is 11.9. The van der Waals surface area contributed by atoms with Crippen LogP contribution in [0.1, 0.15) is 49.0 Å². The highest BCUT2D eigenvalue weighted by Gasteiger charge is 2.24. The first kappa shape index (κ1) is 13.9. The van der Waals surface area contributed by atoms with Crippen molar-refractivity contribution in [3.63, 3.8) is 0 Å². The lowest BCUT2D eigenvalue weighted by atomic mass is 9.79. The fourth-order valence-corrected chi connectivity index (χ4v) is 2.92. The van der Waals surface area contributed by atoms with Crippen LogP contribution in [0.5, 0.6) is 0 Å². The summed E-state index contributed by atoms with van der Waals surface area (Å²) in [6.45, 7) is 6.50. The van der Waals surface area contributed by atoms with Gasteiger partial charge >= 0.3 is 5.97 Å². The Kier molecular flexibility index (Phi) is 4.13. The van der Waals surface area contributed by atoms with Crippen LogP contribution >= 0.6 is 0 Å². The van der Waals surface area contributed by atoms with E-state index < -0.39 is 5.97 Å². The number of carboxylic acids is 1. The SMILES string of the molecule is Cc1c(NC2CCC(C)C(C)C2)cccc1C(=O)O. The lowest BCUT2D eigenvalue weighted by Gasteiger charge is -2.33. The Bertz CT molecular complexity index is 470. The topological polar surface area (TPSA) is 49.3 Å². The van der Waals surface area contributed by atoms with Crippen LogP contribution in [0, 0.1) is 18.8 Å². The minimum Gasteiger partial charge on any atom is -0.478 e. The van der Waals surface area contributed by atoms with Gasteiger partial charge in [0, 0.05) is 11.7 Å². The highest BCUT2D eigenvalue weighted by Crippen LogP contribution is 2.32. The summed E-state index contributed by atoms with van der Waals surface area (Å²) in [6, 6.07) is 5.92. The maximum atomic E-state index is 11.1. The summed E-state index contributed by atoms with van der Waals surface area (Å²) in [5.41, 5.74) is 2.19. The highest BCUT2D eigenvalue weighted by molar-refractivity contribution is 5.91. The molecule has 0 radical (unpaired) electrons. The molecule has 0 bridgehead atoms. The van der Waals surface area contributed by atoms with Crippen molar-refractivity contribution < 1.29 is 9.90 Å². The zero-order valence-electron chi connectivity index (χ0n) is 11.9. The second-order valence-corrected chi connectivity index (χ2v) is 5.89. The monoisotopic (exact) mass is 261 g/mol. The van der Waals surface area contributed by atoms with Crippen LogP contribution in [0.2, 0.25) is 0 Å². The first-order valence-electron chi connectivity index (χ1n) is 7.08. The van der Waals surface area contributed by atoms with Gasteiger partial charge in [-0.1, -0.05) is 19.9 Å². The fourth-order valence-electron chi connectivity index (χ4n) is 2.92. The van der Waals surface area contributed by atoms with E-state index in [1.54, 1.807) is 6.07 Å². The van der Waals surface area contributed by atoms with Gasteiger partial charge in [0.05, 0.1) is 5.56 Å². The first-order valence-corrected chi connectivity index (χ1v) is 7.08. The molecule has 1 aliphatic carbocycles. The van der Waals surface area contributed by atoms with E-state index in [4.69, 9.17) is 5.11 Å². The van der Waals surface area contributed by atoms with Crippen LogP contribution in [0.3, 0.4) is 0 Å². The van der Waals surface area contributed by atoms with Gasteiger partial charge < -0.3 is 10.4 Å². The van der Waals surface area contributed by atoms with Crippen LogP contribution in [0.4, 0.5) is 5.69 Å². The molecule has 1 aliphatic rings. The Hall–Kier alpha value is -1.51. The van der Waals surface area contributed by atoms with Crippen molar-refractivity contribution in [1.82, 2.24) is 0 Å². The second-order valence-electron chi connectivity index (χ2n) is 5.89. The Morgan fingerprint density at radius 1 is 1.26 bits per heavy atom. The number of anilines is 1. The molecule has 3 unspecified atom stereocenters. The Labute approximate surface area is 115 Å². The lowest BCUT2D eigenvalue weighted by molar-refractivity contribution is 0.0696. The van der Waals surface area contributed by atoms with Crippen LogP contribution in [-0.2, 0) is 0 Å². The molecule has 0 aliphatic heterocycles. The van der Waals surface area contributed by atoms with Crippen LogP contribution < -0.4 is 5.32 Å². The Balaban J connectivity index is 2.11.